The predicted octanol–water partition coefficient (Wildman–Crippen LogP) is -1.43. The first-order valence-corrected chi connectivity index (χ1v) is 43.2. The van der Waals surface area contributed by atoms with E-state index < -0.39 is 303 Å². The van der Waals surface area contributed by atoms with Gasteiger partial charge in [-0.1, -0.05) is 150 Å². The highest BCUT2D eigenvalue weighted by molar-refractivity contribution is 6.01. The fraction of sp³-hybridized carbons (Fsp3) is 0.759. The summed E-state index contributed by atoms with van der Waals surface area (Å²) in [6, 6.07) is -22.9. The number of carbonyl (C=O) groups is 20. The number of aliphatic hydroxyl groups is 1. The number of ether oxygens (including phenoxy) is 1. The van der Waals surface area contributed by atoms with Gasteiger partial charge in [0.1, 0.15) is 91.2 Å². The Balaban J connectivity index is 4.20. The van der Waals surface area contributed by atoms with Gasteiger partial charge < -0.3 is 112 Å². The van der Waals surface area contributed by atoms with Crippen LogP contribution in [0.25, 0.3) is 0 Å². The lowest BCUT2D eigenvalue weighted by Gasteiger charge is -2.30. The van der Waals surface area contributed by atoms with Crippen molar-refractivity contribution in [1.82, 2.24) is 74.4 Å². The molecule has 704 valence electrons. The van der Waals surface area contributed by atoms with Crippen LogP contribution in [0, 0.1) is 47.3 Å². The third-order valence-corrected chi connectivity index (χ3v) is 20.0. The Hall–Kier alpha value is -10.6. The zero-order chi connectivity index (χ0) is 94.7. The van der Waals surface area contributed by atoms with E-state index in [4.69, 9.17) is 27.7 Å². The predicted molar refractivity (Wildman–Crippen MR) is 454 cm³/mol. The summed E-state index contributed by atoms with van der Waals surface area (Å²) in [5, 5.41) is 55.9. The number of carboxylic acid groups (broad SMARTS) is 1. The van der Waals surface area contributed by atoms with E-state index in [1.807, 2.05) is 0 Å². The van der Waals surface area contributed by atoms with Crippen molar-refractivity contribution in [1.29, 1.82) is 0 Å². The lowest BCUT2D eigenvalue weighted by Crippen LogP contribution is -2.62. The van der Waals surface area contributed by atoms with E-state index in [0.717, 1.165) is 25.7 Å². The van der Waals surface area contributed by atoms with E-state index >= 15 is 9.59 Å². The molecule has 15 unspecified atom stereocenters. The molecule has 124 heavy (non-hydrogen) atoms. The Morgan fingerprint density at radius 3 is 1.14 bits per heavy atom. The first-order chi connectivity index (χ1) is 57.8. The molecule has 0 aliphatic carbocycles. The van der Waals surface area contributed by atoms with E-state index in [-0.39, 0.29) is 62.2 Å². The van der Waals surface area contributed by atoms with Gasteiger partial charge in [-0.05, 0) is 118 Å². The summed E-state index contributed by atoms with van der Waals surface area (Å²) in [6.07, 6.45) is -2.44. The summed E-state index contributed by atoms with van der Waals surface area (Å²) in [5.41, 5.74) is 22.2. The number of hydrogen-bond donors (Lipinski definition) is 20. The minimum atomic E-state index is -2.11. The van der Waals surface area contributed by atoms with Gasteiger partial charge in [-0.15, -0.1) is 0 Å². The van der Waals surface area contributed by atoms with Gasteiger partial charge in [0.25, 0.3) is 0 Å². The quantitative estimate of drug-likeness (QED) is 0.0245. The second-order valence-electron chi connectivity index (χ2n) is 35.2. The van der Waals surface area contributed by atoms with Gasteiger partial charge >= 0.3 is 11.9 Å². The van der Waals surface area contributed by atoms with Crippen molar-refractivity contribution in [3.63, 3.8) is 0 Å². The smallest absolute Gasteiger partial charge is 0.328 e. The van der Waals surface area contributed by atoms with Gasteiger partial charge in [-0.3, -0.25) is 91.1 Å². The molecule has 1 rings (SSSR count). The molecule has 0 saturated carbocycles. The summed E-state index contributed by atoms with van der Waals surface area (Å²) in [4.78, 5) is 279. The SMILES string of the molecule is CCCCCCCC(O)CC(=O)NC(CC(C)C)C(=O)NC(CCC(=O)O)C(=O)NC(CCC(N)=O)C(=O)NC(C(=O)NC(CC(C)C)C(=O)NC(CCC(N)=O)C(=O)NC1COC(=O)C(C(C)C)NC(=O)C(CCC(N)=O)NC(=O)C(CC(C)C)NC(=O)C(CC(C)C)NC(=O)C(CCC(N)=O)NC(=O)C(CC(C)C)NC(=O)C(C(C)C)NC1=O)C(C)C. The standard InChI is InChI=1S/C83H144N18O23/c1-18-19-20-21-22-23-49(102)39-65(107)88-55(34-41(2)3)75(115)93-54(28-33-66(108)109)70(110)89-52(26-31-63(86)105)73(113)99-67(46(12)13)81(121)96-59(38-45(10)11)78(118)91-51(25-30-62(85)104)72(112)98-60-40-124-83(123)69(48(16)17)101-74(114)53(27-32-64(87)106)92-76(116)56(35-42(4)5)95-79(119)57(36-43(6)7)94-71(111)50(24-29-61(84)103)90-77(117)58(37-44(8)9)97-82(122)68(47(14)15)100-80(60)120/h41-60,67-69,102H,18-40H2,1-17H3,(H2,84,103)(H2,85,104)(H2,86,105)(H2,87,106)(H,88,107)(H,89,110)(H,90,117)(H,91,118)(H,92,116)(H,93,115)(H,94,111)(H,95,119)(H,96,121)(H,97,122)(H,98,112)(H,99,113)(H,100,120)(H,101,114)(H,108,109). The van der Waals surface area contributed by atoms with Gasteiger partial charge in [-0.2, -0.15) is 0 Å². The average Bonchev–Trinajstić information content (AvgIpc) is 0.936. The van der Waals surface area contributed by atoms with E-state index in [1.165, 1.54) is 41.5 Å². The molecule has 1 aliphatic rings. The fourth-order valence-corrected chi connectivity index (χ4v) is 13.3. The maximum Gasteiger partial charge on any atom is 0.328 e. The van der Waals surface area contributed by atoms with E-state index in [2.05, 4.69) is 81.4 Å². The van der Waals surface area contributed by atoms with Gasteiger partial charge in [0.15, 0.2) is 0 Å². The maximum absolute atomic E-state index is 15.1. The minimum absolute atomic E-state index is 0.0340. The molecule has 0 aromatic rings. The molecular weight excluding hydrogens is 1620 g/mol. The molecule has 0 spiro atoms. The molecule has 0 bridgehead atoms. The van der Waals surface area contributed by atoms with Crippen LogP contribution >= 0.6 is 0 Å². The highest BCUT2D eigenvalue weighted by atomic mass is 16.5. The second-order valence-corrected chi connectivity index (χ2v) is 35.2. The number of nitrogens with one attached hydrogen (secondary N) is 14. The number of hydrogen-bond acceptors (Lipinski definition) is 22. The molecule has 41 heteroatoms. The molecule has 0 aromatic carbocycles. The van der Waals surface area contributed by atoms with Crippen molar-refractivity contribution in [2.45, 2.75) is 350 Å². The summed E-state index contributed by atoms with van der Waals surface area (Å²) in [5.74, 6) is -25.2. The second kappa shape index (κ2) is 57.0. The number of primary amides is 4. The number of carbonyl (C=O) groups excluding carboxylic acids is 19. The lowest BCUT2D eigenvalue weighted by molar-refractivity contribution is -0.152. The summed E-state index contributed by atoms with van der Waals surface area (Å²) < 4.78 is 5.73. The number of unbranched alkanes of at least 4 members (excludes halogenated alkanes) is 4. The third-order valence-electron chi connectivity index (χ3n) is 20.0. The Morgan fingerprint density at radius 2 is 0.742 bits per heavy atom. The zero-order valence-electron chi connectivity index (χ0n) is 75.3. The molecule has 1 aliphatic heterocycles. The van der Waals surface area contributed by atoms with Crippen molar-refractivity contribution >= 4 is 118 Å². The van der Waals surface area contributed by atoms with Crippen LogP contribution in [0.4, 0.5) is 0 Å². The molecular formula is C83H144N18O23. The number of nitrogens with two attached hydrogens (primary N) is 4. The number of esters is 1. The molecule has 0 radical (unpaired) electrons. The van der Waals surface area contributed by atoms with Crippen LogP contribution in [0.5, 0.6) is 0 Å². The highest BCUT2D eigenvalue weighted by Crippen LogP contribution is 2.19. The lowest BCUT2D eigenvalue weighted by atomic mass is 9.98. The summed E-state index contributed by atoms with van der Waals surface area (Å²) >= 11 is 0. The summed E-state index contributed by atoms with van der Waals surface area (Å²) in [7, 11) is 0. The average molecular weight is 1760 g/mol. The van der Waals surface area contributed by atoms with Gasteiger partial charge in [0, 0.05) is 32.1 Å². The Labute approximate surface area is 727 Å². The van der Waals surface area contributed by atoms with Crippen molar-refractivity contribution in [2.24, 2.45) is 70.3 Å². The van der Waals surface area contributed by atoms with E-state index in [9.17, 15) is 96.5 Å². The molecule has 1 saturated heterocycles. The summed E-state index contributed by atoms with van der Waals surface area (Å²) in [6.45, 7) is 26.9. The van der Waals surface area contributed by atoms with Crippen LogP contribution < -0.4 is 97.4 Å². The number of amides is 18. The van der Waals surface area contributed by atoms with Crippen LogP contribution in [0.3, 0.4) is 0 Å². The van der Waals surface area contributed by atoms with Crippen LogP contribution in [0.15, 0.2) is 0 Å². The Morgan fingerprint density at radius 1 is 0.387 bits per heavy atom. The van der Waals surface area contributed by atoms with Crippen molar-refractivity contribution < 1.29 is 111 Å². The molecule has 1 fully saturated rings. The largest absolute Gasteiger partial charge is 0.481 e. The minimum Gasteiger partial charge on any atom is -0.481 e. The van der Waals surface area contributed by atoms with Gasteiger partial charge in [0.05, 0.1) is 12.5 Å². The number of carboxylic acids is 1. The topological polar surface area (TPSA) is 664 Å². The number of aliphatic carboxylic acids is 1. The van der Waals surface area contributed by atoms with Crippen molar-refractivity contribution in [2.75, 3.05) is 6.61 Å². The first-order valence-electron chi connectivity index (χ1n) is 43.2. The van der Waals surface area contributed by atoms with Crippen LogP contribution in [0.2, 0.25) is 0 Å². The molecule has 24 N–H and O–H groups in total. The zero-order valence-corrected chi connectivity index (χ0v) is 75.3. The highest BCUT2D eigenvalue weighted by Gasteiger charge is 2.41. The molecule has 15 atom stereocenters. The maximum atomic E-state index is 15.1. The van der Waals surface area contributed by atoms with Crippen LogP contribution in [-0.4, -0.2) is 226 Å². The molecule has 41 nitrogen and oxygen atoms in total. The normalized spacial score (nSPS) is 20.5. The molecule has 0 aromatic heterocycles. The van der Waals surface area contributed by atoms with Crippen molar-refractivity contribution in [3.05, 3.63) is 0 Å². The molecule has 18 amide bonds. The fourth-order valence-electron chi connectivity index (χ4n) is 13.3. The van der Waals surface area contributed by atoms with E-state index in [0.29, 0.717) is 12.8 Å². The molecule has 1 heterocycles. The first kappa shape index (κ1) is 111. The van der Waals surface area contributed by atoms with Gasteiger partial charge in [-0.25, -0.2) is 4.79 Å². The Kier molecular flexibility index (Phi) is 51.2. The van der Waals surface area contributed by atoms with E-state index in [1.54, 1.807) is 69.2 Å². The Bertz CT molecular complexity index is 3610. The van der Waals surface area contributed by atoms with Crippen LogP contribution in [0.1, 0.15) is 259 Å². The third kappa shape index (κ3) is 44.6. The van der Waals surface area contributed by atoms with Crippen LogP contribution in [-0.2, 0) is 101 Å². The van der Waals surface area contributed by atoms with Gasteiger partial charge in [0.2, 0.25) is 106 Å². The number of rotatable bonds is 49. The number of aliphatic hydroxyl groups excluding tert-OH is 1. The monoisotopic (exact) mass is 1760 g/mol. The van der Waals surface area contributed by atoms with Crippen molar-refractivity contribution in [3.8, 4) is 0 Å². The number of cyclic esters (lactones) is 1.